The van der Waals surface area contributed by atoms with Gasteiger partial charge in [0.15, 0.2) is 0 Å². The van der Waals surface area contributed by atoms with Crippen molar-refractivity contribution in [2.45, 2.75) is 39.2 Å². The van der Waals surface area contributed by atoms with Crippen LogP contribution in [0.1, 0.15) is 43.7 Å². The lowest BCUT2D eigenvalue weighted by atomic mass is 10.1. The Kier molecular flexibility index (Phi) is 9.25. The number of hydrogen-bond donors (Lipinski definition) is 1. The third kappa shape index (κ3) is 8.96. The molecule has 0 aliphatic carbocycles. The van der Waals surface area contributed by atoms with Gasteiger partial charge in [0, 0.05) is 25.0 Å². The van der Waals surface area contributed by atoms with E-state index in [1.165, 1.54) is 7.11 Å². The highest BCUT2D eigenvalue weighted by Crippen LogP contribution is 2.09. The van der Waals surface area contributed by atoms with E-state index in [0.29, 0.717) is 38.4 Å². The number of hydrogen-bond acceptors (Lipinski definition) is 4. The average molecular weight is 331 g/mol. The summed E-state index contributed by atoms with van der Waals surface area (Å²) in [4.78, 5) is 21.7. The van der Waals surface area contributed by atoms with Crippen molar-refractivity contribution in [2.24, 2.45) is 11.7 Å². The molecule has 0 unspecified atom stereocenters. The molecule has 1 rings (SSSR count). The molecule has 0 radical (unpaired) electrons. The highest BCUT2D eigenvalue weighted by Gasteiger charge is 2.05. The maximum Gasteiger partial charge on any atom is 0.306 e. The SMILES string of the molecule is COC(=O)CCC#Cc1ccc(COC[C@@H](C)CCC(N)=O)cc1. The van der Waals surface area contributed by atoms with Crippen LogP contribution in [-0.2, 0) is 25.7 Å². The van der Waals surface area contributed by atoms with Crippen molar-refractivity contribution in [3.63, 3.8) is 0 Å². The normalized spacial score (nSPS) is 11.2. The maximum atomic E-state index is 11.0. The fourth-order valence-corrected chi connectivity index (χ4v) is 1.97. The summed E-state index contributed by atoms with van der Waals surface area (Å²) in [7, 11) is 1.37. The highest BCUT2D eigenvalue weighted by molar-refractivity contribution is 5.73. The predicted octanol–water partition coefficient (Wildman–Crippen LogP) is 2.41. The summed E-state index contributed by atoms with van der Waals surface area (Å²) < 4.78 is 10.2. The van der Waals surface area contributed by atoms with E-state index in [1.807, 2.05) is 31.2 Å². The topological polar surface area (TPSA) is 78.6 Å². The predicted molar refractivity (Wildman–Crippen MR) is 91.8 cm³/mol. The molecular formula is C19H25NO4. The molecule has 130 valence electrons. The maximum absolute atomic E-state index is 11.0. The lowest BCUT2D eigenvalue weighted by Gasteiger charge is -2.11. The molecule has 1 amide bonds. The first kappa shape index (κ1) is 19.7. The van der Waals surface area contributed by atoms with Crippen molar-refractivity contribution in [3.8, 4) is 11.8 Å². The van der Waals surface area contributed by atoms with Crippen LogP contribution in [0.4, 0.5) is 0 Å². The summed E-state index contributed by atoms with van der Waals surface area (Å²) in [5.74, 6) is 5.74. The molecule has 2 N–H and O–H groups in total. The molecule has 5 nitrogen and oxygen atoms in total. The Morgan fingerprint density at radius 2 is 1.92 bits per heavy atom. The monoisotopic (exact) mass is 331 g/mol. The molecule has 0 heterocycles. The summed E-state index contributed by atoms with van der Waals surface area (Å²) in [5.41, 5.74) is 7.09. The molecule has 0 bridgehead atoms. The number of ether oxygens (including phenoxy) is 2. The molecule has 1 aromatic rings. The first-order chi connectivity index (χ1) is 11.5. The van der Waals surface area contributed by atoms with Crippen molar-refractivity contribution in [3.05, 3.63) is 35.4 Å². The van der Waals surface area contributed by atoms with Gasteiger partial charge >= 0.3 is 5.97 Å². The second-order valence-corrected chi connectivity index (χ2v) is 5.70. The zero-order chi connectivity index (χ0) is 17.8. The number of amides is 1. The Balaban J connectivity index is 2.30. The molecular weight excluding hydrogens is 306 g/mol. The van der Waals surface area contributed by atoms with Crippen LogP contribution in [0.25, 0.3) is 0 Å². The quantitative estimate of drug-likeness (QED) is 0.557. The second kappa shape index (κ2) is 11.3. The lowest BCUT2D eigenvalue weighted by Crippen LogP contribution is -2.14. The molecule has 0 aliphatic heterocycles. The van der Waals surface area contributed by atoms with Crippen LogP contribution in [0.2, 0.25) is 0 Å². The van der Waals surface area contributed by atoms with Gasteiger partial charge in [0.25, 0.3) is 0 Å². The van der Waals surface area contributed by atoms with E-state index in [1.54, 1.807) is 0 Å². The summed E-state index contributed by atoms with van der Waals surface area (Å²) >= 11 is 0. The summed E-state index contributed by atoms with van der Waals surface area (Å²) in [6, 6.07) is 7.80. The largest absolute Gasteiger partial charge is 0.469 e. The van der Waals surface area contributed by atoms with E-state index in [9.17, 15) is 9.59 Å². The Hall–Kier alpha value is -2.32. The van der Waals surface area contributed by atoms with Crippen molar-refractivity contribution in [1.29, 1.82) is 0 Å². The van der Waals surface area contributed by atoms with Crippen LogP contribution >= 0.6 is 0 Å². The Morgan fingerprint density at radius 1 is 1.21 bits per heavy atom. The summed E-state index contributed by atoms with van der Waals surface area (Å²) in [5, 5.41) is 0. The molecule has 0 saturated carbocycles. The summed E-state index contributed by atoms with van der Waals surface area (Å²) in [6.45, 7) is 3.16. The number of carbonyl (C=O) groups excluding carboxylic acids is 2. The van der Waals surface area contributed by atoms with Crippen molar-refractivity contribution in [2.75, 3.05) is 13.7 Å². The van der Waals surface area contributed by atoms with Gasteiger partial charge in [-0.3, -0.25) is 9.59 Å². The zero-order valence-electron chi connectivity index (χ0n) is 14.3. The molecule has 1 atom stereocenters. The van der Waals surface area contributed by atoms with Gasteiger partial charge in [-0.1, -0.05) is 30.9 Å². The van der Waals surface area contributed by atoms with Gasteiger partial charge in [0.1, 0.15) is 0 Å². The van der Waals surface area contributed by atoms with Crippen LogP contribution in [0.5, 0.6) is 0 Å². The van der Waals surface area contributed by atoms with E-state index < -0.39 is 0 Å². The van der Waals surface area contributed by atoms with Crippen LogP contribution < -0.4 is 5.73 Å². The van der Waals surface area contributed by atoms with Gasteiger partial charge in [0.2, 0.25) is 5.91 Å². The first-order valence-corrected chi connectivity index (χ1v) is 8.02. The first-order valence-electron chi connectivity index (χ1n) is 8.02. The van der Waals surface area contributed by atoms with E-state index in [0.717, 1.165) is 17.5 Å². The molecule has 0 aromatic heterocycles. The molecule has 0 fully saturated rings. The number of methoxy groups -OCH3 is 1. The van der Waals surface area contributed by atoms with Crippen LogP contribution in [-0.4, -0.2) is 25.6 Å². The third-order valence-corrected chi connectivity index (χ3v) is 3.42. The highest BCUT2D eigenvalue weighted by atomic mass is 16.5. The van der Waals surface area contributed by atoms with E-state index in [2.05, 4.69) is 16.6 Å². The minimum Gasteiger partial charge on any atom is -0.469 e. The lowest BCUT2D eigenvalue weighted by molar-refractivity contribution is -0.140. The van der Waals surface area contributed by atoms with E-state index in [-0.39, 0.29) is 11.9 Å². The smallest absolute Gasteiger partial charge is 0.306 e. The minimum absolute atomic E-state index is 0.248. The third-order valence-electron chi connectivity index (χ3n) is 3.42. The van der Waals surface area contributed by atoms with Crippen LogP contribution in [0.15, 0.2) is 24.3 Å². The Morgan fingerprint density at radius 3 is 2.54 bits per heavy atom. The Bertz CT molecular complexity index is 584. The van der Waals surface area contributed by atoms with E-state index >= 15 is 0 Å². The van der Waals surface area contributed by atoms with Gasteiger partial charge in [-0.15, -0.1) is 0 Å². The number of rotatable bonds is 9. The van der Waals surface area contributed by atoms with Crippen molar-refractivity contribution in [1.82, 2.24) is 0 Å². The van der Waals surface area contributed by atoms with Crippen LogP contribution in [0.3, 0.4) is 0 Å². The van der Waals surface area contributed by atoms with Gasteiger partial charge < -0.3 is 15.2 Å². The van der Waals surface area contributed by atoms with Gasteiger partial charge in [-0.25, -0.2) is 0 Å². The summed E-state index contributed by atoms with van der Waals surface area (Å²) in [6.07, 6.45) is 1.94. The average Bonchev–Trinajstić information content (AvgIpc) is 2.58. The number of benzene rings is 1. The standard InChI is InChI=1S/C19H25NO4/c1-15(7-12-18(20)21)13-24-14-17-10-8-16(9-11-17)5-3-4-6-19(22)23-2/h8-11,15H,4,6-7,12-14H2,1-2H3,(H2,20,21)/t15-/m0/s1. The van der Waals surface area contributed by atoms with Gasteiger partial charge in [0.05, 0.1) is 20.1 Å². The van der Waals surface area contributed by atoms with Gasteiger partial charge in [-0.05, 0) is 30.0 Å². The van der Waals surface area contributed by atoms with Crippen molar-refractivity contribution < 1.29 is 19.1 Å². The van der Waals surface area contributed by atoms with E-state index in [4.69, 9.17) is 10.5 Å². The fraction of sp³-hybridized carbons (Fsp3) is 0.474. The molecule has 0 aliphatic rings. The number of nitrogens with two attached hydrogens (primary N) is 1. The molecule has 24 heavy (non-hydrogen) atoms. The minimum atomic E-state index is -0.273. The van der Waals surface area contributed by atoms with Crippen LogP contribution in [0, 0.1) is 17.8 Å². The molecule has 0 saturated heterocycles. The van der Waals surface area contributed by atoms with Gasteiger partial charge in [-0.2, -0.15) is 0 Å². The number of esters is 1. The Labute approximate surface area is 143 Å². The van der Waals surface area contributed by atoms with Crippen molar-refractivity contribution >= 4 is 11.9 Å². The molecule has 5 heteroatoms. The fourth-order valence-electron chi connectivity index (χ4n) is 1.97. The number of primary amides is 1. The zero-order valence-corrected chi connectivity index (χ0v) is 14.3. The second-order valence-electron chi connectivity index (χ2n) is 5.70. The molecule has 1 aromatic carbocycles. The number of carbonyl (C=O) groups is 2. The molecule has 0 spiro atoms.